The first-order valence-electron chi connectivity index (χ1n) is 9.00. The van der Waals surface area contributed by atoms with Gasteiger partial charge in [0.1, 0.15) is 5.75 Å². The number of para-hydroxylation sites is 2. The van der Waals surface area contributed by atoms with Gasteiger partial charge in [-0.15, -0.1) is 0 Å². The SMILES string of the molecule is COc1ccccc1NC(=S)N1CC[NH+](C/C=C/c2ccccc2)CC1. The van der Waals surface area contributed by atoms with Crippen LogP contribution in [0.25, 0.3) is 6.08 Å². The molecule has 3 rings (SSSR count). The number of hydrogen-bond acceptors (Lipinski definition) is 2. The average molecular weight is 369 g/mol. The largest absolute Gasteiger partial charge is 0.495 e. The standard InChI is InChI=1S/C21H25N3OS/c1-25-20-12-6-5-11-19(20)22-21(26)24-16-14-23(15-17-24)13-7-10-18-8-3-2-4-9-18/h2-12H,13-17H2,1H3,(H,22,26)/p+1/b10-7+. The second-order valence-corrected chi connectivity index (χ2v) is 6.77. The average Bonchev–Trinajstić information content (AvgIpc) is 2.70. The quantitative estimate of drug-likeness (QED) is 0.793. The van der Waals surface area contributed by atoms with Crippen molar-refractivity contribution in [1.29, 1.82) is 0 Å². The molecule has 0 atom stereocenters. The molecule has 1 fully saturated rings. The number of benzene rings is 2. The zero-order valence-corrected chi connectivity index (χ0v) is 16.0. The molecule has 0 aliphatic carbocycles. The molecule has 0 aromatic heterocycles. The van der Waals surface area contributed by atoms with Crippen molar-refractivity contribution in [3.8, 4) is 5.75 Å². The van der Waals surface area contributed by atoms with Gasteiger partial charge in [-0.2, -0.15) is 0 Å². The third kappa shape index (κ3) is 5.07. The normalized spacial score (nSPS) is 15.2. The van der Waals surface area contributed by atoms with Gasteiger partial charge in [0.25, 0.3) is 0 Å². The molecule has 2 aromatic carbocycles. The maximum atomic E-state index is 5.59. The Bertz CT molecular complexity index is 740. The molecular weight excluding hydrogens is 342 g/mol. The fraction of sp³-hybridized carbons (Fsp3) is 0.286. The van der Waals surface area contributed by atoms with E-state index in [1.165, 1.54) is 5.56 Å². The van der Waals surface area contributed by atoms with Crippen LogP contribution in [0, 0.1) is 0 Å². The van der Waals surface area contributed by atoms with Crippen LogP contribution in [0.5, 0.6) is 5.75 Å². The Morgan fingerprint density at radius 1 is 1.12 bits per heavy atom. The van der Waals surface area contributed by atoms with E-state index in [1.807, 2.05) is 30.3 Å². The number of anilines is 1. The van der Waals surface area contributed by atoms with Crippen molar-refractivity contribution in [3.63, 3.8) is 0 Å². The molecule has 2 aromatic rings. The fourth-order valence-electron chi connectivity index (χ4n) is 3.10. The van der Waals surface area contributed by atoms with Crippen LogP contribution in [0.2, 0.25) is 0 Å². The molecular formula is C21H26N3OS+. The number of ether oxygens (including phenoxy) is 1. The van der Waals surface area contributed by atoms with E-state index < -0.39 is 0 Å². The molecule has 2 N–H and O–H groups in total. The zero-order chi connectivity index (χ0) is 18.2. The lowest BCUT2D eigenvalue weighted by molar-refractivity contribution is -0.897. The molecule has 0 saturated carbocycles. The highest BCUT2D eigenvalue weighted by Crippen LogP contribution is 2.23. The highest BCUT2D eigenvalue weighted by molar-refractivity contribution is 7.80. The van der Waals surface area contributed by atoms with Crippen LogP contribution in [-0.2, 0) is 0 Å². The first-order valence-corrected chi connectivity index (χ1v) is 9.41. The molecule has 26 heavy (non-hydrogen) atoms. The molecule has 4 nitrogen and oxygen atoms in total. The van der Waals surface area contributed by atoms with E-state index in [0.29, 0.717) is 0 Å². The summed E-state index contributed by atoms with van der Waals surface area (Å²) in [6.07, 6.45) is 4.47. The molecule has 1 heterocycles. The van der Waals surface area contributed by atoms with Gasteiger partial charge in [0.2, 0.25) is 0 Å². The van der Waals surface area contributed by atoms with Crippen molar-refractivity contribution in [1.82, 2.24) is 4.90 Å². The Morgan fingerprint density at radius 3 is 2.54 bits per heavy atom. The topological polar surface area (TPSA) is 28.9 Å². The van der Waals surface area contributed by atoms with Crippen LogP contribution >= 0.6 is 12.2 Å². The number of nitrogens with zero attached hydrogens (tertiary/aromatic N) is 1. The number of nitrogens with one attached hydrogen (secondary N) is 2. The Labute approximate surface area is 161 Å². The van der Waals surface area contributed by atoms with Gasteiger partial charge in [0, 0.05) is 0 Å². The van der Waals surface area contributed by atoms with E-state index in [1.54, 1.807) is 12.0 Å². The minimum atomic E-state index is 0.772. The number of hydrogen-bond donors (Lipinski definition) is 2. The van der Waals surface area contributed by atoms with Gasteiger partial charge in [-0.05, 0) is 36.0 Å². The number of methoxy groups -OCH3 is 1. The lowest BCUT2D eigenvalue weighted by Crippen LogP contribution is -3.14. The Morgan fingerprint density at radius 2 is 1.81 bits per heavy atom. The summed E-state index contributed by atoms with van der Waals surface area (Å²) in [5, 5.41) is 4.09. The van der Waals surface area contributed by atoms with Crippen LogP contribution in [0.15, 0.2) is 60.7 Å². The van der Waals surface area contributed by atoms with E-state index in [0.717, 1.165) is 49.3 Å². The first-order chi connectivity index (χ1) is 12.8. The monoisotopic (exact) mass is 368 g/mol. The van der Waals surface area contributed by atoms with Crippen molar-refractivity contribution in [2.24, 2.45) is 0 Å². The van der Waals surface area contributed by atoms with Crippen molar-refractivity contribution >= 4 is 29.1 Å². The summed E-state index contributed by atoms with van der Waals surface area (Å²) in [6.45, 7) is 5.17. The summed E-state index contributed by atoms with van der Waals surface area (Å²) in [6, 6.07) is 18.3. The van der Waals surface area contributed by atoms with Gasteiger partial charge in [-0.25, -0.2) is 0 Å². The molecule has 1 aliphatic rings. The van der Waals surface area contributed by atoms with E-state index >= 15 is 0 Å². The maximum Gasteiger partial charge on any atom is 0.173 e. The second kappa shape index (κ2) is 9.36. The lowest BCUT2D eigenvalue weighted by Gasteiger charge is -2.33. The lowest BCUT2D eigenvalue weighted by atomic mass is 10.2. The molecule has 0 bridgehead atoms. The summed E-state index contributed by atoms with van der Waals surface area (Å²) in [5.74, 6) is 0.810. The molecule has 0 amide bonds. The van der Waals surface area contributed by atoms with Gasteiger partial charge < -0.3 is 19.9 Å². The smallest absolute Gasteiger partial charge is 0.173 e. The number of piperazine rings is 1. The highest BCUT2D eigenvalue weighted by atomic mass is 32.1. The van der Waals surface area contributed by atoms with Gasteiger partial charge >= 0.3 is 0 Å². The van der Waals surface area contributed by atoms with Crippen LogP contribution < -0.4 is 15.0 Å². The van der Waals surface area contributed by atoms with Crippen LogP contribution in [0.3, 0.4) is 0 Å². The van der Waals surface area contributed by atoms with Crippen LogP contribution in [0.4, 0.5) is 5.69 Å². The molecule has 136 valence electrons. The molecule has 5 heteroatoms. The Hall–Kier alpha value is -2.37. The van der Waals surface area contributed by atoms with E-state index in [-0.39, 0.29) is 0 Å². The summed E-state index contributed by atoms with van der Waals surface area (Å²) in [7, 11) is 1.68. The van der Waals surface area contributed by atoms with Gasteiger partial charge in [0.15, 0.2) is 5.11 Å². The Kier molecular flexibility index (Phi) is 6.63. The van der Waals surface area contributed by atoms with Gasteiger partial charge in [-0.1, -0.05) is 48.5 Å². The van der Waals surface area contributed by atoms with E-state index in [9.17, 15) is 0 Å². The number of rotatable bonds is 5. The summed E-state index contributed by atoms with van der Waals surface area (Å²) >= 11 is 5.59. The third-order valence-corrected chi connectivity index (χ3v) is 4.98. The highest BCUT2D eigenvalue weighted by Gasteiger charge is 2.21. The second-order valence-electron chi connectivity index (χ2n) is 6.38. The Balaban J connectivity index is 1.46. The predicted molar refractivity (Wildman–Crippen MR) is 112 cm³/mol. The molecule has 1 saturated heterocycles. The van der Waals surface area contributed by atoms with Gasteiger partial charge in [0.05, 0.1) is 45.5 Å². The van der Waals surface area contributed by atoms with Crippen molar-refractivity contribution < 1.29 is 9.64 Å². The van der Waals surface area contributed by atoms with Crippen molar-refractivity contribution in [3.05, 3.63) is 66.2 Å². The molecule has 0 spiro atoms. The number of quaternary nitrogens is 1. The fourth-order valence-corrected chi connectivity index (χ4v) is 3.39. The van der Waals surface area contributed by atoms with Gasteiger partial charge in [-0.3, -0.25) is 0 Å². The maximum absolute atomic E-state index is 5.59. The van der Waals surface area contributed by atoms with Crippen LogP contribution in [-0.4, -0.2) is 49.8 Å². The minimum Gasteiger partial charge on any atom is -0.495 e. The minimum absolute atomic E-state index is 0.772. The molecule has 0 unspecified atom stereocenters. The van der Waals surface area contributed by atoms with Crippen LogP contribution in [0.1, 0.15) is 5.56 Å². The summed E-state index contributed by atoms with van der Waals surface area (Å²) in [5.41, 5.74) is 2.17. The predicted octanol–water partition coefficient (Wildman–Crippen LogP) is 2.31. The molecule has 1 aliphatic heterocycles. The summed E-state index contributed by atoms with van der Waals surface area (Å²) < 4.78 is 5.38. The van der Waals surface area contributed by atoms with E-state index in [4.69, 9.17) is 17.0 Å². The van der Waals surface area contributed by atoms with Crippen molar-refractivity contribution in [2.75, 3.05) is 45.2 Å². The summed E-state index contributed by atoms with van der Waals surface area (Å²) in [4.78, 5) is 3.83. The first kappa shape index (κ1) is 18.4. The third-order valence-electron chi connectivity index (χ3n) is 4.62. The molecule has 0 radical (unpaired) electrons. The zero-order valence-electron chi connectivity index (χ0n) is 15.2. The number of thiocarbonyl (C=S) groups is 1. The van der Waals surface area contributed by atoms with Crippen molar-refractivity contribution in [2.45, 2.75) is 0 Å². The van der Waals surface area contributed by atoms with E-state index in [2.05, 4.69) is 46.6 Å².